The molecule has 8 nitrogen and oxygen atoms in total. The normalized spacial score (nSPS) is 23.4. The van der Waals surface area contributed by atoms with Crippen molar-refractivity contribution in [2.24, 2.45) is 23.7 Å². The van der Waals surface area contributed by atoms with E-state index in [1.165, 1.54) is 0 Å². The number of ether oxygens (including phenoxy) is 1. The van der Waals surface area contributed by atoms with Crippen molar-refractivity contribution in [3.8, 4) is 17.0 Å². The third-order valence-electron chi connectivity index (χ3n) is 9.42. The van der Waals surface area contributed by atoms with Crippen LogP contribution in [0.5, 0.6) is 5.75 Å². The molecule has 2 bridgehead atoms. The summed E-state index contributed by atoms with van der Waals surface area (Å²) in [6.45, 7) is 7.61. The lowest BCUT2D eigenvalue weighted by Gasteiger charge is -2.37. The summed E-state index contributed by atoms with van der Waals surface area (Å²) < 4.78 is 6.36. The second-order valence-corrected chi connectivity index (χ2v) is 13.1. The van der Waals surface area contributed by atoms with Gasteiger partial charge in [-0.25, -0.2) is 4.98 Å². The molecule has 2 aromatic carbocycles. The molecule has 4 atom stereocenters. The Bertz CT molecular complexity index is 1460. The maximum atomic E-state index is 13.0. The fraction of sp³-hybridized carbons (Fsp3) is 0.485. The highest BCUT2D eigenvalue weighted by atomic mass is 32.1. The van der Waals surface area contributed by atoms with Gasteiger partial charge in [0.15, 0.2) is 5.13 Å². The van der Waals surface area contributed by atoms with E-state index in [0.29, 0.717) is 37.1 Å². The number of nitrogens with zero attached hydrogens (tertiary/aromatic N) is 3. The predicted molar refractivity (Wildman–Crippen MR) is 163 cm³/mol. The zero-order valence-electron chi connectivity index (χ0n) is 24.3. The minimum atomic E-state index is -0.687. The number of amides is 1. The van der Waals surface area contributed by atoms with E-state index < -0.39 is 5.97 Å². The first-order chi connectivity index (χ1) is 20.3. The Morgan fingerprint density at radius 2 is 1.83 bits per heavy atom. The molecule has 3 aliphatic rings. The quantitative estimate of drug-likeness (QED) is 0.345. The first-order valence-corrected chi connectivity index (χ1v) is 15.8. The molecule has 3 aromatic rings. The van der Waals surface area contributed by atoms with Crippen LogP contribution in [0.1, 0.15) is 52.7 Å². The highest BCUT2D eigenvalue weighted by Gasteiger charge is 2.43. The topological polar surface area (TPSA) is 103 Å². The van der Waals surface area contributed by atoms with Crippen LogP contribution in [-0.4, -0.2) is 64.8 Å². The molecule has 2 aliphatic heterocycles. The van der Waals surface area contributed by atoms with Gasteiger partial charge in [0.25, 0.3) is 5.91 Å². The first kappa shape index (κ1) is 28.7. The van der Waals surface area contributed by atoms with Crippen LogP contribution in [0, 0.1) is 37.5 Å². The molecule has 1 unspecified atom stereocenters. The number of aromatic nitrogens is 1. The zero-order chi connectivity index (χ0) is 29.4. The molecule has 1 aliphatic carbocycles. The van der Waals surface area contributed by atoms with Gasteiger partial charge in [-0.2, -0.15) is 0 Å². The summed E-state index contributed by atoms with van der Waals surface area (Å²) >= 11 is 1.64. The number of carbonyl (C=O) groups is 2. The van der Waals surface area contributed by atoms with Crippen LogP contribution in [0.2, 0.25) is 0 Å². The van der Waals surface area contributed by atoms with Crippen LogP contribution in [0.15, 0.2) is 41.8 Å². The summed E-state index contributed by atoms with van der Waals surface area (Å²) in [6, 6.07) is 11.9. The third kappa shape index (κ3) is 5.90. The van der Waals surface area contributed by atoms with Crippen molar-refractivity contribution in [1.29, 1.82) is 0 Å². The summed E-state index contributed by atoms with van der Waals surface area (Å²) in [6.07, 6.45) is 3.32. The number of aliphatic carboxylic acids is 1. The highest BCUT2D eigenvalue weighted by molar-refractivity contribution is 7.14. The van der Waals surface area contributed by atoms with Gasteiger partial charge >= 0.3 is 5.97 Å². The Morgan fingerprint density at radius 1 is 1.05 bits per heavy atom. The molecule has 2 saturated heterocycles. The fourth-order valence-electron chi connectivity index (χ4n) is 7.02. The van der Waals surface area contributed by atoms with Gasteiger partial charge in [0.05, 0.1) is 5.69 Å². The van der Waals surface area contributed by atoms with Gasteiger partial charge in [0.2, 0.25) is 0 Å². The molecule has 1 amide bonds. The molecule has 1 aromatic heterocycles. The Kier molecular flexibility index (Phi) is 8.23. The smallest absolute Gasteiger partial charge is 0.303 e. The number of benzene rings is 2. The minimum Gasteiger partial charge on any atom is -0.488 e. The van der Waals surface area contributed by atoms with E-state index in [9.17, 15) is 19.8 Å². The van der Waals surface area contributed by atoms with Crippen LogP contribution < -0.4 is 9.64 Å². The molecular weight excluding hydrogens is 550 g/mol. The Morgan fingerprint density at radius 3 is 2.52 bits per heavy atom. The summed E-state index contributed by atoms with van der Waals surface area (Å²) in [5.74, 6) is 1.39. The SMILES string of the molecule is Cc1ccc(OCc2ccc(C(=O)N3CC[C@H](CO)C3)cc2C)c(-c2csc(N3C[C@H]4CC[C@@H](C3)C4CC(=O)O)n2)c1. The van der Waals surface area contributed by atoms with Crippen LogP contribution in [-0.2, 0) is 11.4 Å². The van der Waals surface area contributed by atoms with Crippen LogP contribution in [0.25, 0.3) is 11.3 Å². The van der Waals surface area contributed by atoms with Crippen LogP contribution >= 0.6 is 11.3 Å². The first-order valence-electron chi connectivity index (χ1n) is 14.9. The zero-order valence-corrected chi connectivity index (χ0v) is 25.1. The molecule has 1 saturated carbocycles. The summed E-state index contributed by atoms with van der Waals surface area (Å²) in [5, 5.41) is 21.9. The average Bonchev–Trinajstić information content (AvgIpc) is 3.70. The highest BCUT2D eigenvalue weighted by Crippen LogP contribution is 2.46. The van der Waals surface area contributed by atoms with Gasteiger partial charge in [0, 0.05) is 61.6 Å². The standard InChI is InChI=1S/C33H39N3O5S/c1-20-3-8-30(41-18-26-7-4-23(12-21(26)2)32(40)35-10-9-22(14-35)17-37)28(11-20)29-19-42-33(34-29)36-15-24-5-6-25(16-36)27(24)13-31(38)39/h3-4,7-8,11-12,19,22,24-25,27,37H,5-6,9-10,13-18H2,1-2H3,(H,38,39)/t22-,24-,25+,27?/m0/s1. The average molecular weight is 590 g/mol. The van der Waals surface area contributed by atoms with Crippen molar-refractivity contribution in [3.05, 3.63) is 64.0 Å². The lowest BCUT2D eigenvalue weighted by Crippen LogP contribution is -2.42. The molecule has 3 fully saturated rings. The number of hydrogen-bond donors (Lipinski definition) is 2. The second-order valence-electron chi connectivity index (χ2n) is 12.3. The van der Waals surface area contributed by atoms with Crippen LogP contribution in [0.3, 0.4) is 0 Å². The number of carboxylic acid groups (broad SMARTS) is 1. The van der Waals surface area contributed by atoms with Gasteiger partial charge in [-0.3, -0.25) is 9.59 Å². The number of hydrogen-bond acceptors (Lipinski definition) is 7. The van der Waals surface area contributed by atoms with Crippen molar-refractivity contribution in [3.63, 3.8) is 0 Å². The number of carbonyl (C=O) groups excluding carboxylic acids is 1. The van der Waals surface area contributed by atoms with E-state index in [-0.39, 0.29) is 30.8 Å². The molecule has 2 N–H and O–H groups in total. The number of anilines is 1. The molecule has 222 valence electrons. The number of piperidine rings is 1. The summed E-state index contributed by atoms with van der Waals surface area (Å²) in [7, 11) is 0. The lowest BCUT2D eigenvalue weighted by atomic mass is 9.83. The number of aliphatic hydroxyl groups excluding tert-OH is 1. The number of thiazole rings is 1. The molecule has 3 heterocycles. The molecule has 9 heteroatoms. The van der Waals surface area contributed by atoms with E-state index in [0.717, 1.165) is 71.2 Å². The molecule has 0 radical (unpaired) electrons. The minimum absolute atomic E-state index is 0.0146. The predicted octanol–water partition coefficient (Wildman–Crippen LogP) is 5.40. The second kappa shape index (κ2) is 12.1. The van der Waals surface area contributed by atoms with Crippen molar-refractivity contribution < 1.29 is 24.5 Å². The van der Waals surface area contributed by atoms with Gasteiger partial charge in [-0.15, -0.1) is 11.3 Å². The summed E-state index contributed by atoms with van der Waals surface area (Å²) in [4.78, 5) is 33.6. The van der Waals surface area contributed by atoms with Gasteiger partial charge in [-0.05, 0) is 86.3 Å². The van der Waals surface area contributed by atoms with Gasteiger partial charge < -0.3 is 24.7 Å². The van der Waals surface area contributed by atoms with Gasteiger partial charge in [-0.1, -0.05) is 17.7 Å². The monoisotopic (exact) mass is 589 g/mol. The molecule has 0 spiro atoms. The van der Waals surface area contributed by atoms with E-state index in [1.54, 1.807) is 11.3 Å². The van der Waals surface area contributed by atoms with Crippen molar-refractivity contribution in [2.75, 3.05) is 37.7 Å². The maximum Gasteiger partial charge on any atom is 0.303 e. The lowest BCUT2D eigenvalue weighted by molar-refractivity contribution is -0.138. The Hall–Kier alpha value is -3.43. The Balaban J connectivity index is 1.14. The number of aliphatic hydroxyl groups is 1. The fourth-order valence-corrected chi connectivity index (χ4v) is 7.87. The van der Waals surface area contributed by atoms with Crippen LogP contribution in [0.4, 0.5) is 5.13 Å². The van der Waals surface area contributed by atoms with E-state index in [1.807, 2.05) is 42.2 Å². The van der Waals surface area contributed by atoms with Crippen molar-refractivity contribution >= 4 is 28.3 Å². The van der Waals surface area contributed by atoms with E-state index in [2.05, 4.69) is 23.3 Å². The molecule has 42 heavy (non-hydrogen) atoms. The molecular formula is C33H39N3O5S. The maximum absolute atomic E-state index is 13.0. The number of likely N-dealkylation sites (tertiary alicyclic amines) is 1. The number of carboxylic acids is 1. The third-order valence-corrected chi connectivity index (χ3v) is 10.3. The number of rotatable bonds is 9. The largest absolute Gasteiger partial charge is 0.488 e. The molecule has 6 rings (SSSR count). The number of fused-ring (bicyclic) bond motifs is 2. The Labute approximate surface area is 251 Å². The van der Waals surface area contributed by atoms with E-state index in [4.69, 9.17) is 9.72 Å². The van der Waals surface area contributed by atoms with Crippen molar-refractivity contribution in [2.45, 2.75) is 46.1 Å². The number of aryl methyl sites for hydroxylation is 2. The summed E-state index contributed by atoms with van der Waals surface area (Å²) in [5.41, 5.74) is 5.66. The van der Waals surface area contributed by atoms with E-state index >= 15 is 0 Å². The van der Waals surface area contributed by atoms with Gasteiger partial charge in [0.1, 0.15) is 12.4 Å². The van der Waals surface area contributed by atoms with Crippen molar-refractivity contribution in [1.82, 2.24) is 9.88 Å².